The summed E-state index contributed by atoms with van der Waals surface area (Å²) in [7, 11) is 0. The molecular formula is C20H15ClN2O3S. The molecule has 2 aromatic carbocycles. The smallest absolute Gasteiger partial charge is 0.292 e. The molecule has 3 N–H and O–H groups in total. The number of carbonyl (C=O) groups excluding carboxylic acids is 3. The number of nitrogens with two attached hydrogens (primary N) is 1. The van der Waals surface area contributed by atoms with E-state index in [1.165, 1.54) is 11.3 Å². The number of thiophene rings is 1. The number of primary amides is 1. The molecule has 0 saturated heterocycles. The Bertz CT molecular complexity index is 998. The molecule has 3 rings (SSSR count). The summed E-state index contributed by atoms with van der Waals surface area (Å²) in [5, 5.41) is 3.33. The van der Waals surface area contributed by atoms with Crippen LogP contribution in [0.4, 0.5) is 5.00 Å². The second kappa shape index (κ2) is 8.16. The number of rotatable bonds is 6. The predicted octanol–water partition coefficient (Wildman–Crippen LogP) is 3.92. The maximum atomic E-state index is 12.3. The average molecular weight is 399 g/mol. The van der Waals surface area contributed by atoms with E-state index in [4.69, 9.17) is 17.3 Å². The van der Waals surface area contributed by atoms with Gasteiger partial charge < -0.3 is 11.1 Å². The van der Waals surface area contributed by atoms with Crippen LogP contribution >= 0.6 is 22.9 Å². The lowest BCUT2D eigenvalue weighted by Crippen LogP contribution is -2.25. The van der Waals surface area contributed by atoms with Gasteiger partial charge in [0.25, 0.3) is 11.8 Å². The summed E-state index contributed by atoms with van der Waals surface area (Å²) in [5.41, 5.74) is 7.15. The topological polar surface area (TPSA) is 89.3 Å². The van der Waals surface area contributed by atoms with Gasteiger partial charge in [-0.25, -0.2) is 0 Å². The molecule has 1 aromatic heterocycles. The van der Waals surface area contributed by atoms with E-state index in [9.17, 15) is 14.4 Å². The first-order valence-corrected chi connectivity index (χ1v) is 9.21. The fourth-order valence-corrected chi connectivity index (χ4v) is 3.64. The van der Waals surface area contributed by atoms with Crippen LogP contribution in [0.3, 0.4) is 0 Å². The van der Waals surface area contributed by atoms with Crippen LogP contribution in [-0.2, 0) is 16.0 Å². The molecule has 0 atom stereocenters. The van der Waals surface area contributed by atoms with Crippen LogP contribution in [0.2, 0.25) is 5.02 Å². The van der Waals surface area contributed by atoms with Crippen LogP contribution in [0.25, 0.3) is 10.4 Å². The van der Waals surface area contributed by atoms with Gasteiger partial charge in [0.15, 0.2) is 0 Å². The number of carbonyl (C=O) groups is 3. The quantitative estimate of drug-likeness (QED) is 0.617. The van der Waals surface area contributed by atoms with E-state index in [0.29, 0.717) is 10.6 Å². The fraction of sp³-hybridized carbons (Fsp3) is 0.0500. The molecule has 136 valence electrons. The number of Topliss-reactive ketones (excluding diaryl/α,β-unsaturated/α-hetero) is 1. The van der Waals surface area contributed by atoms with Crippen molar-refractivity contribution in [3.05, 3.63) is 76.8 Å². The number of hydrogen-bond acceptors (Lipinski definition) is 4. The van der Waals surface area contributed by atoms with Gasteiger partial charge in [0.1, 0.15) is 5.00 Å². The lowest BCUT2D eigenvalue weighted by atomic mass is 10.1. The van der Waals surface area contributed by atoms with Crippen molar-refractivity contribution in [1.82, 2.24) is 0 Å². The highest BCUT2D eigenvalue weighted by Crippen LogP contribution is 2.35. The molecule has 2 amide bonds. The molecule has 0 bridgehead atoms. The number of anilines is 1. The van der Waals surface area contributed by atoms with Crippen LogP contribution in [0.1, 0.15) is 15.9 Å². The molecule has 0 aliphatic heterocycles. The molecule has 0 saturated carbocycles. The van der Waals surface area contributed by atoms with Crippen molar-refractivity contribution in [2.75, 3.05) is 5.32 Å². The Kier molecular flexibility index (Phi) is 5.69. The van der Waals surface area contributed by atoms with Gasteiger partial charge in [0, 0.05) is 16.3 Å². The van der Waals surface area contributed by atoms with E-state index in [0.717, 1.165) is 10.4 Å². The third-order valence-corrected chi connectivity index (χ3v) is 5.17. The second-order valence-corrected chi connectivity index (χ2v) is 7.25. The van der Waals surface area contributed by atoms with E-state index in [1.807, 2.05) is 30.3 Å². The Morgan fingerprint density at radius 3 is 2.30 bits per heavy atom. The molecule has 0 fully saturated rings. The van der Waals surface area contributed by atoms with Crippen molar-refractivity contribution < 1.29 is 14.4 Å². The number of hydrogen-bond donors (Lipinski definition) is 2. The minimum atomic E-state index is -0.797. The monoisotopic (exact) mass is 398 g/mol. The molecule has 1 heterocycles. The zero-order chi connectivity index (χ0) is 19.4. The Balaban J connectivity index is 1.78. The summed E-state index contributed by atoms with van der Waals surface area (Å²) >= 11 is 7.00. The molecule has 0 spiro atoms. The Morgan fingerprint density at radius 2 is 1.67 bits per heavy atom. The molecular weight excluding hydrogens is 384 g/mol. The van der Waals surface area contributed by atoms with Gasteiger partial charge >= 0.3 is 0 Å². The lowest BCUT2D eigenvalue weighted by molar-refractivity contribution is -0.134. The Morgan fingerprint density at radius 1 is 1.00 bits per heavy atom. The van der Waals surface area contributed by atoms with Crippen molar-refractivity contribution in [2.24, 2.45) is 5.73 Å². The van der Waals surface area contributed by atoms with Gasteiger partial charge in [0.2, 0.25) is 5.78 Å². The lowest BCUT2D eigenvalue weighted by Gasteiger charge is -2.04. The normalized spacial score (nSPS) is 10.4. The van der Waals surface area contributed by atoms with Gasteiger partial charge in [-0.05, 0) is 29.3 Å². The van der Waals surface area contributed by atoms with Crippen molar-refractivity contribution in [3.8, 4) is 10.4 Å². The predicted molar refractivity (Wildman–Crippen MR) is 107 cm³/mol. The number of ketones is 1. The van der Waals surface area contributed by atoms with Crippen LogP contribution in [0.5, 0.6) is 0 Å². The molecule has 27 heavy (non-hydrogen) atoms. The zero-order valence-electron chi connectivity index (χ0n) is 14.1. The largest absolute Gasteiger partial charge is 0.366 e. The molecule has 7 heteroatoms. The molecule has 0 radical (unpaired) electrons. The van der Waals surface area contributed by atoms with Crippen molar-refractivity contribution >= 4 is 45.5 Å². The van der Waals surface area contributed by atoms with Gasteiger partial charge in [-0.3, -0.25) is 14.4 Å². The van der Waals surface area contributed by atoms with E-state index in [-0.39, 0.29) is 17.0 Å². The summed E-state index contributed by atoms with van der Waals surface area (Å²) in [6.07, 6.45) is -0.0637. The van der Waals surface area contributed by atoms with E-state index >= 15 is 0 Å². The van der Waals surface area contributed by atoms with Gasteiger partial charge in [0.05, 0.1) is 5.56 Å². The number of benzene rings is 2. The first-order chi connectivity index (χ1) is 12.9. The Labute approximate surface area is 164 Å². The first kappa shape index (κ1) is 18.8. The maximum absolute atomic E-state index is 12.3. The van der Waals surface area contributed by atoms with Gasteiger partial charge in [-0.15, -0.1) is 11.3 Å². The van der Waals surface area contributed by atoms with Crippen LogP contribution in [0, 0.1) is 0 Å². The van der Waals surface area contributed by atoms with Crippen LogP contribution in [-0.4, -0.2) is 17.6 Å². The Hall–Kier alpha value is -2.96. The summed E-state index contributed by atoms with van der Waals surface area (Å²) in [6, 6.07) is 17.7. The van der Waals surface area contributed by atoms with Gasteiger partial charge in [-0.2, -0.15) is 0 Å². The SMILES string of the molecule is NC(=O)c1cc(-c2ccccc2)sc1NC(=O)C(=O)Cc1ccc(Cl)cc1. The minimum Gasteiger partial charge on any atom is -0.366 e. The van der Waals surface area contributed by atoms with Crippen molar-refractivity contribution in [3.63, 3.8) is 0 Å². The van der Waals surface area contributed by atoms with Crippen LogP contribution < -0.4 is 11.1 Å². The zero-order valence-corrected chi connectivity index (χ0v) is 15.6. The minimum absolute atomic E-state index is 0.0637. The number of nitrogens with one attached hydrogen (secondary N) is 1. The van der Waals surface area contributed by atoms with E-state index < -0.39 is 17.6 Å². The number of halogens is 1. The highest BCUT2D eigenvalue weighted by molar-refractivity contribution is 7.20. The first-order valence-electron chi connectivity index (χ1n) is 8.01. The third-order valence-electron chi connectivity index (χ3n) is 3.81. The van der Waals surface area contributed by atoms with E-state index in [1.54, 1.807) is 30.3 Å². The maximum Gasteiger partial charge on any atom is 0.292 e. The van der Waals surface area contributed by atoms with Gasteiger partial charge in [-0.1, -0.05) is 54.1 Å². The van der Waals surface area contributed by atoms with Crippen molar-refractivity contribution in [1.29, 1.82) is 0 Å². The van der Waals surface area contributed by atoms with E-state index in [2.05, 4.69) is 5.32 Å². The highest BCUT2D eigenvalue weighted by atomic mass is 35.5. The molecule has 0 aliphatic rings. The standard InChI is InChI=1S/C20H15ClN2O3S/c21-14-8-6-12(7-9-14)10-16(24)19(26)23-20-15(18(22)25)11-17(27-20)13-4-2-1-3-5-13/h1-9,11H,10H2,(H2,22,25)(H,23,26). The molecule has 0 aliphatic carbocycles. The number of amides is 2. The second-order valence-electron chi connectivity index (χ2n) is 5.76. The third kappa shape index (κ3) is 4.61. The summed E-state index contributed by atoms with van der Waals surface area (Å²) in [5.74, 6) is -2.09. The van der Waals surface area contributed by atoms with Crippen LogP contribution in [0.15, 0.2) is 60.7 Å². The average Bonchev–Trinajstić information content (AvgIpc) is 3.08. The molecule has 5 nitrogen and oxygen atoms in total. The summed E-state index contributed by atoms with van der Waals surface area (Å²) in [6.45, 7) is 0. The summed E-state index contributed by atoms with van der Waals surface area (Å²) in [4.78, 5) is 37.0. The van der Waals surface area contributed by atoms with Crippen molar-refractivity contribution in [2.45, 2.75) is 6.42 Å². The molecule has 0 unspecified atom stereocenters. The molecule has 3 aromatic rings. The highest BCUT2D eigenvalue weighted by Gasteiger charge is 2.20. The fourth-order valence-electron chi connectivity index (χ4n) is 2.45. The summed E-state index contributed by atoms with van der Waals surface area (Å²) < 4.78 is 0.